The van der Waals surface area contributed by atoms with Crippen molar-refractivity contribution in [3.05, 3.63) is 53.1 Å². The molecule has 0 spiro atoms. The van der Waals surface area contributed by atoms with Gasteiger partial charge in [0.15, 0.2) is 5.82 Å². The zero-order valence-corrected chi connectivity index (χ0v) is 11.4. The zero-order valence-electron chi connectivity index (χ0n) is 9.84. The molecule has 0 aliphatic rings. The second-order valence-corrected chi connectivity index (χ2v) is 5.80. The summed E-state index contributed by atoms with van der Waals surface area (Å²) in [6.07, 6.45) is 2.15. The Morgan fingerprint density at radius 2 is 2.10 bits per heavy atom. The highest BCUT2D eigenvalue weighted by Gasteiger charge is 2.17. The highest BCUT2D eigenvalue weighted by molar-refractivity contribution is 7.92. The highest BCUT2D eigenvalue weighted by Crippen LogP contribution is 2.23. The summed E-state index contributed by atoms with van der Waals surface area (Å²) in [7, 11) is -3.99. The monoisotopic (exact) mass is 311 g/mol. The number of sulfonamides is 1. The lowest BCUT2D eigenvalue weighted by Crippen LogP contribution is -2.14. The fraction of sp³-hybridized carbons (Fsp3) is 0. The van der Waals surface area contributed by atoms with Crippen LogP contribution < -0.4 is 4.72 Å². The lowest BCUT2D eigenvalue weighted by Gasteiger charge is -2.09. The first-order chi connectivity index (χ1) is 9.44. The van der Waals surface area contributed by atoms with E-state index in [1.165, 1.54) is 24.4 Å². The molecule has 0 atom stereocenters. The summed E-state index contributed by atoms with van der Waals surface area (Å²) in [5.74, 6) is -0.796. The van der Waals surface area contributed by atoms with Crippen molar-refractivity contribution in [2.75, 3.05) is 4.72 Å². The Balaban J connectivity index is 2.39. The number of rotatable bonds is 3. The SMILES string of the molecule is N#Cc1ccc(S(=O)(=O)Nc2ccncc2F)cc1Cl. The molecule has 1 heterocycles. The number of nitrogens with one attached hydrogen (secondary N) is 1. The first kappa shape index (κ1) is 14.2. The Morgan fingerprint density at radius 1 is 1.35 bits per heavy atom. The molecule has 8 heteroatoms. The maximum Gasteiger partial charge on any atom is 0.262 e. The van der Waals surface area contributed by atoms with Gasteiger partial charge in [0.1, 0.15) is 6.07 Å². The summed E-state index contributed by atoms with van der Waals surface area (Å²) in [6.45, 7) is 0. The maximum atomic E-state index is 13.4. The van der Waals surface area contributed by atoms with Crippen molar-refractivity contribution in [1.82, 2.24) is 4.98 Å². The van der Waals surface area contributed by atoms with Gasteiger partial charge in [-0.15, -0.1) is 0 Å². The molecule has 0 aliphatic heterocycles. The summed E-state index contributed by atoms with van der Waals surface area (Å²) in [4.78, 5) is 3.35. The largest absolute Gasteiger partial charge is 0.277 e. The third-order valence-electron chi connectivity index (χ3n) is 2.39. The fourth-order valence-corrected chi connectivity index (χ4v) is 2.80. The number of benzene rings is 1. The Bertz CT molecular complexity index is 803. The number of aromatic nitrogens is 1. The maximum absolute atomic E-state index is 13.4. The van der Waals surface area contributed by atoms with Gasteiger partial charge in [-0.1, -0.05) is 11.6 Å². The van der Waals surface area contributed by atoms with E-state index in [0.29, 0.717) is 0 Å². The molecule has 5 nitrogen and oxygen atoms in total. The molecule has 1 aromatic carbocycles. The Morgan fingerprint density at radius 3 is 2.70 bits per heavy atom. The van der Waals surface area contributed by atoms with E-state index in [-0.39, 0.29) is 21.2 Å². The summed E-state index contributed by atoms with van der Waals surface area (Å²) < 4.78 is 39.6. The van der Waals surface area contributed by atoms with Crippen LogP contribution in [0.4, 0.5) is 10.1 Å². The molecule has 0 fully saturated rings. The number of hydrogen-bond donors (Lipinski definition) is 1. The van der Waals surface area contributed by atoms with Gasteiger partial charge in [0.25, 0.3) is 10.0 Å². The summed E-state index contributed by atoms with van der Waals surface area (Å²) in [5, 5.41) is 8.73. The van der Waals surface area contributed by atoms with Crippen molar-refractivity contribution in [3.8, 4) is 6.07 Å². The minimum Gasteiger partial charge on any atom is -0.277 e. The van der Waals surface area contributed by atoms with Crippen LogP contribution in [0.1, 0.15) is 5.56 Å². The molecule has 0 saturated heterocycles. The van der Waals surface area contributed by atoms with Gasteiger partial charge in [-0.3, -0.25) is 9.71 Å². The van der Waals surface area contributed by atoms with E-state index in [1.54, 1.807) is 0 Å². The lowest BCUT2D eigenvalue weighted by atomic mass is 10.2. The van der Waals surface area contributed by atoms with E-state index >= 15 is 0 Å². The highest BCUT2D eigenvalue weighted by atomic mass is 35.5. The van der Waals surface area contributed by atoms with Gasteiger partial charge in [-0.2, -0.15) is 5.26 Å². The van der Waals surface area contributed by atoms with Crippen molar-refractivity contribution in [3.63, 3.8) is 0 Å². The number of pyridine rings is 1. The summed E-state index contributed by atoms with van der Waals surface area (Å²) >= 11 is 5.77. The van der Waals surface area contributed by atoms with Gasteiger partial charge in [0.2, 0.25) is 0 Å². The van der Waals surface area contributed by atoms with Crippen LogP contribution in [0.5, 0.6) is 0 Å². The van der Waals surface area contributed by atoms with Crippen LogP contribution in [0, 0.1) is 17.1 Å². The first-order valence-corrected chi connectivity index (χ1v) is 7.12. The Hall–Kier alpha value is -2.17. The van der Waals surface area contributed by atoms with Crippen LogP contribution in [0.2, 0.25) is 5.02 Å². The molecule has 1 N–H and O–H groups in total. The van der Waals surface area contributed by atoms with Crippen LogP contribution in [-0.4, -0.2) is 13.4 Å². The lowest BCUT2D eigenvalue weighted by molar-refractivity contribution is 0.598. The molecule has 2 aromatic rings. The van der Waals surface area contributed by atoms with E-state index in [9.17, 15) is 12.8 Å². The number of halogens is 2. The van der Waals surface area contributed by atoms with E-state index in [4.69, 9.17) is 16.9 Å². The molecule has 0 unspecified atom stereocenters. The zero-order chi connectivity index (χ0) is 14.8. The second kappa shape index (κ2) is 5.45. The molecule has 1 aromatic heterocycles. The Labute approximate surface area is 119 Å². The first-order valence-electron chi connectivity index (χ1n) is 5.26. The number of anilines is 1. The van der Waals surface area contributed by atoms with Gasteiger partial charge in [-0.25, -0.2) is 12.8 Å². The van der Waals surface area contributed by atoms with Gasteiger partial charge in [0, 0.05) is 6.20 Å². The second-order valence-electron chi connectivity index (χ2n) is 3.71. The van der Waals surface area contributed by atoms with E-state index < -0.39 is 15.8 Å². The molecule has 20 heavy (non-hydrogen) atoms. The van der Waals surface area contributed by atoms with Crippen molar-refractivity contribution in [2.45, 2.75) is 4.90 Å². The smallest absolute Gasteiger partial charge is 0.262 e. The third-order valence-corrected chi connectivity index (χ3v) is 4.06. The molecule has 2 rings (SSSR count). The predicted octanol–water partition coefficient (Wildman–Crippen LogP) is 2.55. The van der Waals surface area contributed by atoms with Gasteiger partial charge < -0.3 is 0 Å². The molecule has 0 bridgehead atoms. The van der Waals surface area contributed by atoms with Crippen LogP contribution in [0.25, 0.3) is 0 Å². The minimum atomic E-state index is -3.99. The number of hydrogen-bond acceptors (Lipinski definition) is 4. The Kier molecular flexibility index (Phi) is 3.88. The molecule has 0 radical (unpaired) electrons. The van der Waals surface area contributed by atoms with E-state index in [2.05, 4.69) is 9.71 Å². The average Bonchev–Trinajstić information content (AvgIpc) is 2.41. The molecular weight excluding hydrogens is 305 g/mol. The van der Waals surface area contributed by atoms with Gasteiger partial charge in [-0.05, 0) is 24.3 Å². The number of nitrogens with zero attached hydrogens (tertiary/aromatic N) is 2. The summed E-state index contributed by atoms with van der Waals surface area (Å²) in [5.41, 5.74) is -0.0683. The normalized spacial score (nSPS) is 10.8. The van der Waals surface area contributed by atoms with Crippen molar-refractivity contribution in [2.24, 2.45) is 0 Å². The van der Waals surface area contributed by atoms with Crippen molar-refractivity contribution in [1.29, 1.82) is 5.26 Å². The average molecular weight is 312 g/mol. The van der Waals surface area contributed by atoms with Crippen LogP contribution in [0.15, 0.2) is 41.6 Å². The molecule has 0 saturated carbocycles. The predicted molar refractivity (Wildman–Crippen MR) is 71.2 cm³/mol. The fourth-order valence-electron chi connectivity index (χ4n) is 1.42. The summed E-state index contributed by atoms with van der Waals surface area (Å²) in [6, 6.07) is 6.63. The van der Waals surface area contributed by atoms with Crippen LogP contribution >= 0.6 is 11.6 Å². The quantitative estimate of drug-likeness (QED) is 0.944. The molecule has 102 valence electrons. The topological polar surface area (TPSA) is 82.8 Å². The van der Waals surface area contributed by atoms with Gasteiger partial charge >= 0.3 is 0 Å². The molecular formula is C12H7ClFN3O2S. The molecule has 0 amide bonds. The van der Waals surface area contributed by atoms with Crippen LogP contribution in [-0.2, 0) is 10.0 Å². The van der Waals surface area contributed by atoms with Crippen molar-refractivity contribution >= 4 is 27.3 Å². The molecule has 0 aliphatic carbocycles. The standard InChI is InChI=1S/C12H7ClFN3O2S/c13-10-5-9(2-1-8(10)6-15)20(18,19)17-12-3-4-16-7-11(12)14/h1-5,7H,(H,16,17). The third kappa shape index (κ3) is 2.87. The van der Waals surface area contributed by atoms with Gasteiger partial charge in [0.05, 0.1) is 27.4 Å². The van der Waals surface area contributed by atoms with Crippen LogP contribution in [0.3, 0.4) is 0 Å². The van der Waals surface area contributed by atoms with E-state index in [1.807, 2.05) is 6.07 Å². The minimum absolute atomic E-state index is 0.00516. The van der Waals surface area contributed by atoms with E-state index in [0.717, 1.165) is 12.3 Å². The van der Waals surface area contributed by atoms with Crippen molar-refractivity contribution < 1.29 is 12.8 Å². The number of nitriles is 1.